The highest BCUT2D eigenvalue weighted by molar-refractivity contribution is 6.46. The second-order valence-electron chi connectivity index (χ2n) is 9.67. The Morgan fingerprint density at radius 2 is 1.86 bits per heavy atom. The van der Waals surface area contributed by atoms with Gasteiger partial charge in [0, 0.05) is 23.6 Å². The molecule has 2 fully saturated rings. The monoisotopic (exact) mass is 526 g/mol. The van der Waals surface area contributed by atoms with Gasteiger partial charge in [0.15, 0.2) is 0 Å². The molecule has 2 aliphatic rings. The molecule has 4 rings (SSSR count). The van der Waals surface area contributed by atoms with Gasteiger partial charge in [-0.15, -0.1) is 0 Å². The van der Waals surface area contributed by atoms with Crippen LogP contribution in [-0.4, -0.2) is 62.6 Å². The van der Waals surface area contributed by atoms with Crippen molar-refractivity contribution in [2.24, 2.45) is 0 Å². The SMILES string of the molecule is CCCCOc1ccc(C([O-])=C2C(=O)C(=O)N(CCC[NH+]3CCOCC3)C2c2ccc(Cl)cc2)cc1C. The molecule has 0 saturated carbocycles. The molecular weight excluding hydrogens is 492 g/mol. The fourth-order valence-corrected chi connectivity index (χ4v) is 5.06. The number of nitrogens with zero attached hydrogens (tertiary/aromatic N) is 1. The van der Waals surface area contributed by atoms with Crippen LogP contribution in [0.15, 0.2) is 48.0 Å². The van der Waals surface area contributed by atoms with E-state index in [1.54, 1.807) is 47.4 Å². The van der Waals surface area contributed by atoms with Gasteiger partial charge in [-0.05, 0) is 54.3 Å². The summed E-state index contributed by atoms with van der Waals surface area (Å²) in [6.45, 7) is 9.17. The molecule has 0 spiro atoms. The van der Waals surface area contributed by atoms with E-state index in [0.29, 0.717) is 35.1 Å². The van der Waals surface area contributed by atoms with Crippen LogP contribution in [0.4, 0.5) is 0 Å². The van der Waals surface area contributed by atoms with Crippen LogP contribution in [0.1, 0.15) is 48.9 Å². The molecule has 8 heteroatoms. The molecule has 2 heterocycles. The minimum absolute atomic E-state index is 0.00917. The highest BCUT2D eigenvalue weighted by Gasteiger charge is 2.44. The summed E-state index contributed by atoms with van der Waals surface area (Å²) in [7, 11) is 0. The van der Waals surface area contributed by atoms with Crippen LogP contribution in [0.2, 0.25) is 5.02 Å². The van der Waals surface area contributed by atoms with Gasteiger partial charge in [0.2, 0.25) is 5.78 Å². The first-order valence-corrected chi connectivity index (χ1v) is 13.5. The summed E-state index contributed by atoms with van der Waals surface area (Å²) in [6, 6.07) is 11.4. The summed E-state index contributed by atoms with van der Waals surface area (Å²) in [6.07, 6.45) is 2.70. The zero-order chi connectivity index (χ0) is 26.4. The molecule has 7 nitrogen and oxygen atoms in total. The normalized spacial score (nSPS) is 20.0. The Morgan fingerprint density at radius 1 is 1.14 bits per heavy atom. The number of aryl methyl sites for hydroxylation is 1. The summed E-state index contributed by atoms with van der Waals surface area (Å²) in [5.74, 6) is -1.07. The highest BCUT2D eigenvalue weighted by Crippen LogP contribution is 2.39. The van der Waals surface area contributed by atoms with E-state index in [0.717, 1.165) is 57.7 Å². The number of rotatable bonds is 10. The number of amides is 1. The summed E-state index contributed by atoms with van der Waals surface area (Å²) in [5, 5.41) is 14.3. The van der Waals surface area contributed by atoms with Gasteiger partial charge in [0.05, 0.1) is 32.4 Å². The molecule has 0 radical (unpaired) electrons. The molecule has 1 N–H and O–H groups in total. The number of halogens is 1. The molecule has 2 saturated heterocycles. The van der Waals surface area contributed by atoms with Crippen LogP contribution in [0.5, 0.6) is 5.75 Å². The molecule has 2 aromatic carbocycles. The van der Waals surface area contributed by atoms with Crippen LogP contribution in [0, 0.1) is 6.92 Å². The fourth-order valence-electron chi connectivity index (χ4n) is 4.94. The second-order valence-corrected chi connectivity index (χ2v) is 10.1. The Balaban J connectivity index is 1.64. The summed E-state index contributed by atoms with van der Waals surface area (Å²) < 4.78 is 11.2. The van der Waals surface area contributed by atoms with Gasteiger partial charge >= 0.3 is 0 Å². The van der Waals surface area contributed by atoms with Crippen LogP contribution in [0.3, 0.4) is 0 Å². The number of carbonyl (C=O) groups excluding carboxylic acids is 2. The van der Waals surface area contributed by atoms with Crippen LogP contribution in [-0.2, 0) is 14.3 Å². The maximum atomic E-state index is 13.7. The zero-order valence-corrected chi connectivity index (χ0v) is 22.3. The van der Waals surface area contributed by atoms with Gasteiger partial charge in [-0.3, -0.25) is 9.59 Å². The Labute approximate surface area is 223 Å². The fraction of sp³-hybridized carbons (Fsp3) is 0.448. The highest BCUT2D eigenvalue weighted by atomic mass is 35.5. The zero-order valence-electron chi connectivity index (χ0n) is 21.6. The molecule has 1 atom stereocenters. The Kier molecular flexibility index (Phi) is 9.24. The first kappa shape index (κ1) is 27.2. The van der Waals surface area contributed by atoms with E-state index in [1.807, 2.05) is 6.92 Å². The number of Topliss-reactive ketones (excluding diaryl/α,β-unsaturated/α-hetero) is 1. The minimum atomic E-state index is -0.745. The van der Waals surface area contributed by atoms with Crippen molar-refractivity contribution in [2.75, 3.05) is 46.0 Å². The smallest absolute Gasteiger partial charge is 0.295 e. The van der Waals surface area contributed by atoms with Crippen LogP contribution in [0.25, 0.3) is 5.76 Å². The first-order valence-electron chi connectivity index (χ1n) is 13.1. The Morgan fingerprint density at radius 3 is 2.54 bits per heavy atom. The van der Waals surface area contributed by atoms with Crippen molar-refractivity contribution in [1.29, 1.82) is 0 Å². The quantitative estimate of drug-likeness (QED) is 0.222. The molecule has 0 aromatic heterocycles. The summed E-state index contributed by atoms with van der Waals surface area (Å²) in [5.41, 5.74) is 1.87. The number of nitrogens with one attached hydrogen (secondary N) is 1. The molecule has 198 valence electrons. The molecule has 2 aromatic rings. The van der Waals surface area contributed by atoms with E-state index >= 15 is 0 Å². The lowest BCUT2D eigenvalue weighted by Gasteiger charge is -2.29. The standard InChI is InChI=1S/C29H35ClN2O5/c1-3-4-16-37-24-11-8-22(19-20(24)2)27(33)25-26(21-6-9-23(30)10-7-21)32(29(35)28(25)34)13-5-12-31-14-17-36-18-15-31/h6-11,19,26,33H,3-5,12-18H2,1-2H3. The number of likely N-dealkylation sites (tertiary alicyclic amines) is 1. The number of ether oxygens (including phenoxy) is 2. The number of carbonyl (C=O) groups is 2. The van der Waals surface area contributed by atoms with Crippen LogP contribution < -0.4 is 14.7 Å². The summed E-state index contributed by atoms with van der Waals surface area (Å²) >= 11 is 6.11. The van der Waals surface area contributed by atoms with Crippen molar-refractivity contribution >= 4 is 29.1 Å². The third-order valence-corrected chi connectivity index (χ3v) is 7.29. The average molecular weight is 527 g/mol. The third kappa shape index (κ3) is 6.35. The van der Waals surface area contributed by atoms with Crippen molar-refractivity contribution in [3.63, 3.8) is 0 Å². The van der Waals surface area contributed by atoms with Gasteiger partial charge in [0.25, 0.3) is 5.91 Å². The second kappa shape index (κ2) is 12.6. The van der Waals surface area contributed by atoms with Crippen molar-refractivity contribution < 1.29 is 29.1 Å². The lowest BCUT2D eigenvalue weighted by molar-refractivity contribution is -0.908. The lowest BCUT2D eigenvalue weighted by Crippen LogP contribution is -3.14. The lowest BCUT2D eigenvalue weighted by atomic mass is 9.94. The Hall–Kier alpha value is -2.87. The molecule has 37 heavy (non-hydrogen) atoms. The van der Waals surface area contributed by atoms with Crippen molar-refractivity contribution in [1.82, 2.24) is 4.90 Å². The summed E-state index contributed by atoms with van der Waals surface area (Å²) in [4.78, 5) is 29.4. The van der Waals surface area contributed by atoms with Crippen LogP contribution >= 0.6 is 11.6 Å². The van der Waals surface area contributed by atoms with E-state index in [2.05, 4.69) is 6.92 Å². The Bertz CT molecular complexity index is 1140. The number of morpholine rings is 1. The van der Waals surface area contributed by atoms with E-state index in [1.165, 1.54) is 4.90 Å². The minimum Gasteiger partial charge on any atom is -0.872 e. The molecular formula is C29H35ClN2O5. The van der Waals surface area contributed by atoms with E-state index < -0.39 is 23.5 Å². The third-order valence-electron chi connectivity index (χ3n) is 7.04. The first-order chi connectivity index (χ1) is 17.9. The molecule has 2 aliphatic heterocycles. The molecule has 0 aliphatic carbocycles. The maximum absolute atomic E-state index is 13.7. The topological polar surface area (TPSA) is 83.3 Å². The number of hydrogen-bond donors (Lipinski definition) is 1. The van der Waals surface area contributed by atoms with Crippen molar-refractivity contribution in [2.45, 2.75) is 39.2 Å². The van der Waals surface area contributed by atoms with Gasteiger partial charge in [0.1, 0.15) is 18.8 Å². The molecule has 1 amide bonds. The number of ketones is 1. The molecule has 0 bridgehead atoms. The number of unbranched alkanes of at least 4 members (excludes halogenated alkanes) is 1. The van der Waals surface area contributed by atoms with Gasteiger partial charge < -0.3 is 24.4 Å². The van der Waals surface area contributed by atoms with E-state index in [4.69, 9.17) is 21.1 Å². The predicted molar refractivity (Wildman–Crippen MR) is 140 cm³/mol. The van der Waals surface area contributed by atoms with Crippen molar-refractivity contribution in [3.05, 3.63) is 69.8 Å². The van der Waals surface area contributed by atoms with Gasteiger partial charge in [-0.25, -0.2) is 0 Å². The van der Waals surface area contributed by atoms with E-state index in [9.17, 15) is 14.7 Å². The largest absolute Gasteiger partial charge is 0.872 e. The maximum Gasteiger partial charge on any atom is 0.295 e. The number of benzene rings is 2. The van der Waals surface area contributed by atoms with Crippen molar-refractivity contribution in [3.8, 4) is 5.75 Å². The predicted octanol–water partition coefficient (Wildman–Crippen LogP) is 2.36. The molecule has 1 unspecified atom stereocenters. The van der Waals surface area contributed by atoms with E-state index in [-0.39, 0.29) is 5.57 Å². The van der Waals surface area contributed by atoms with Gasteiger partial charge in [-0.1, -0.05) is 48.9 Å². The van der Waals surface area contributed by atoms with Gasteiger partial charge in [-0.2, -0.15) is 0 Å². The number of quaternary nitrogens is 1. The number of hydrogen-bond acceptors (Lipinski definition) is 5. The average Bonchev–Trinajstić information content (AvgIpc) is 3.15.